The summed E-state index contributed by atoms with van der Waals surface area (Å²) in [4.78, 5) is 65.9. The Balaban J connectivity index is 1.34. The molecule has 3 heterocycles. The molecule has 3 saturated heterocycles. The zero-order valence-corrected chi connectivity index (χ0v) is 19.1. The topological polar surface area (TPSA) is 119 Å². The molecule has 10 nitrogen and oxygen atoms in total. The lowest BCUT2D eigenvalue weighted by molar-refractivity contribution is -0.129. The highest BCUT2D eigenvalue weighted by Crippen LogP contribution is 2.20. The molecule has 0 aromatic heterocycles. The third-order valence-electron chi connectivity index (χ3n) is 6.43. The fraction of sp³-hybridized carbons (Fsp3) is 0.773. The van der Waals surface area contributed by atoms with Gasteiger partial charge in [0.2, 0.25) is 29.5 Å². The smallest absolute Gasteiger partial charge is 0.225 e. The van der Waals surface area contributed by atoms with Crippen LogP contribution in [0.4, 0.5) is 0 Å². The molecule has 0 aromatic carbocycles. The molecule has 3 unspecified atom stereocenters. The van der Waals surface area contributed by atoms with Crippen LogP contribution in [0.2, 0.25) is 0 Å². The average molecular weight is 450 g/mol. The van der Waals surface area contributed by atoms with Gasteiger partial charge in [-0.3, -0.25) is 24.0 Å². The van der Waals surface area contributed by atoms with E-state index in [0.29, 0.717) is 58.2 Å². The normalized spacial score (nSPS) is 25.8. The lowest BCUT2D eigenvalue weighted by atomic mass is 10.1. The minimum absolute atomic E-state index is 0.0131. The molecule has 3 aliphatic rings. The van der Waals surface area contributed by atoms with Gasteiger partial charge >= 0.3 is 0 Å². The summed E-state index contributed by atoms with van der Waals surface area (Å²) in [5.74, 6) is -0.713. The van der Waals surface area contributed by atoms with Gasteiger partial charge in [0.25, 0.3) is 0 Å². The Morgan fingerprint density at radius 1 is 0.750 bits per heavy atom. The first kappa shape index (κ1) is 24.0. The highest BCUT2D eigenvalue weighted by molar-refractivity contribution is 5.90. The summed E-state index contributed by atoms with van der Waals surface area (Å²) in [6, 6.07) is 0. The Hall–Kier alpha value is -2.65. The average Bonchev–Trinajstić information content (AvgIpc) is 3.39. The summed E-state index contributed by atoms with van der Waals surface area (Å²) in [5.41, 5.74) is 0. The molecule has 2 N–H and O–H groups in total. The van der Waals surface area contributed by atoms with E-state index in [4.69, 9.17) is 0 Å². The van der Waals surface area contributed by atoms with Crippen LogP contribution >= 0.6 is 0 Å². The van der Waals surface area contributed by atoms with Crippen molar-refractivity contribution in [2.75, 3.05) is 52.4 Å². The maximum atomic E-state index is 12.4. The van der Waals surface area contributed by atoms with Crippen molar-refractivity contribution in [3.8, 4) is 0 Å². The Morgan fingerprint density at radius 3 is 1.62 bits per heavy atom. The van der Waals surface area contributed by atoms with Gasteiger partial charge in [0.1, 0.15) is 0 Å². The zero-order chi connectivity index (χ0) is 23.3. The summed E-state index contributed by atoms with van der Waals surface area (Å²) >= 11 is 0. The number of likely N-dealkylation sites (tertiary alicyclic amines) is 3. The van der Waals surface area contributed by atoms with Gasteiger partial charge in [0.05, 0.1) is 11.8 Å². The molecule has 0 spiro atoms. The van der Waals surface area contributed by atoms with E-state index in [1.165, 1.54) is 0 Å². The highest BCUT2D eigenvalue weighted by Gasteiger charge is 2.36. The number of hydrogen-bond acceptors (Lipinski definition) is 5. The van der Waals surface area contributed by atoms with E-state index < -0.39 is 5.92 Å². The van der Waals surface area contributed by atoms with Crippen LogP contribution in [0.3, 0.4) is 0 Å². The number of nitrogens with one attached hydrogen (secondary N) is 2. The molecule has 0 bridgehead atoms. The zero-order valence-electron chi connectivity index (χ0n) is 19.1. The van der Waals surface area contributed by atoms with Crippen molar-refractivity contribution in [3.05, 3.63) is 0 Å². The minimum Gasteiger partial charge on any atom is -0.354 e. The number of hydrogen-bond donors (Lipinski definition) is 2. The van der Waals surface area contributed by atoms with Crippen molar-refractivity contribution in [3.63, 3.8) is 0 Å². The summed E-state index contributed by atoms with van der Waals surface area (Å²) < 4.78 is 0. The SMILES string of the molecule is CCCN1CC(C(=O)NCCN2CC(C(=O)NCCN3CC(C)CC3=O)CC2=O)CC1=O. The van der Waals surface area contributed by atoms with Crippen LogP contribution < -0.4 is 10.6 Å². The van der Waals surface area contributed by atoms with E-state index in [9.17, 15) is 24.0 Å². The van der Waals surface area contributed by atoms with Gasteiger partial charge in [-0.15, -0.1) is 0 Å². The van der Waals surface area contributed by atoms with Gasteiger partial charge in [0.15, 0.2) is 0 Å². The maximum Gasteiger partial charge on any atom is 0.225 e. The third kappa shape index (κ3) is 5.98. The highest BCUT2D eigenvalue weighted by atomic mass is 16.2. The second kappa shape index (κ2) is 10.8. The van der Waals surface area contributed by atoms with Crippen molar-refractivity contribution < 1.29 is 24.0 Å². The molecular weight excluding hydrogens is 414 g/mol. The molecule has 0 radical (unpaired) electrons. The number of carbonyl (C=O) groups is 5. The summed E-state index contributed by atoms with van der Waals surface area (Å²) in [5, 5.41) is 5.66. The molecular formula is C22H35N5O5. The van der Waals surface area contributed by atoms with E-state index in [1.54, 1.807) is 14.7 Å². The standard InChI is InChI=1S/C22H35N5O5/c1-3-6-25-13-16(10-19(25)29)21(31)24-5-8-27-14-17(11-20(27)30)22(32)23-4-7-26-12-15(2)9-18(26)28/h15-17H,3-14H2,1-2H3,(H,23,32)(H,24,31). The van der Waals surface area contributed by atoms with Crippen molar-refractivity contribution >= 4 is 29.5 Å². The molecule has 3 fully saturated rings. The Morgan fingerprint density at radius 2 is 1.19 bits per heavy atom. The summed E-state index contributed by atoms with van der Waals surface area (Å²) in [6.45, 7) is 7.71. The van der Waals surface area contributed by atoms with Gasteiger partial charge in [-0.1, -0.05) is 13.8 Å². The number of rotatable bonds is 10. The summed E-state index contributed by atoms with van der Waals surface area (Å²) in [6.07, 6.45) is 1.81. The largest absolute Gasteiger partial charge is 0.354 e. The van der Waals surface area contributed by atoms with E-state index in [-0.39, 0.29) is 48.3 Å². The van der Waals surface area contributed by atoms with E-state index in [1.807, 2.05) is 13.8 Å². The van der Waals surface area contributed by atoms with Crippen LogP contribution in [0.15, 0.2) is 0 Å². The number of nitrogens with zero attached hydrogens (tertiary/aromatic N) is 3. The van der Waals surface area contributed by atoms with Gasteiger partial charge in [0, 0.05) is 71.6 Å². The molecule has 3 atom stereocenters. The lowest BCUT2D eigenvalue weighted by Gasteiger charge is -2.19. The summed E-state index contributed by atoms with van der Waals surface area (Å²) in [7, 11) is 0. The van der Waals surface area contributed by atoms with E-state index >= 15 is 0 Å². The fourth-order valence-electron chi connectivity index (χ4n) is 4.70. The second-order valence-corrected chi connectivity index (χ2v) is 9.21. The minimum atomic E-state index is -0.415. The Kier molecular flexibility index (Phi) is 8.09. The third-order valence-corrected chi connectivity index (χ3v) is 6.43. The van der Waals surface area contributed by atoms with Gasteiger partial charge in [-0.25, -0.2) is 0 Å². The van der Waals surface area contributed by atoms with Crippen molar-refractivity contribution in [2.45, 2.75) is 39.5 Å². The molecule has 0 aromatic rings. The predicted molar refractivity (Wildman–Crippen MR) is 116 cm³/mol. The molecule has 3 rings (SSSR count). The Labute approximate surface area is 189 Å². The molecule has 5 amide bonds. The Bertz CT molecular complexity index is 757. The van der Waals surface area contributed by atoms with Crippen LogP contribution in [0.1, 0.15) is 39.5 Å². The van der Waals surface area contributed by atoms with Gasteiger partial charge < -0.3 is 25.3 Å². The van der Waals surface area contributed by atoms with E-state index in [2.05, 4.69) is 10.6 Å². The maximum absolute atomic E-state index is 12.4. The first-order valence-corrected chi connectivity index (χ1v) is 11.7. The van der Waals surface area contributed by atoms with Crippen LogP contribution in [-0.4, -0.2) is 96.6 Å². The van der Waals surface area contributed by atoms with Crippen LogP contribution in [0, 0.1) is 17.8 Å². The molecule has 0 aliphatic carbocycles. The first-order chi connectivity index (χ1) is 15.3. The van der Waals surface area contributed by atoms with Crippen LogP contribution in [0.5, 0.6) is 0 Å². The number of carbonyl (C=O) groups excluding carboxylic acids is 5. The molecule has 10 heteroatoms. The van der Waals surface area contributed by atoms with Gasteiger partial charge in [-0.2, -0.15) is 0 Å². The monoisotopic (exact) mass is 449 g/mol. The molecule has 32 heavy (non-hydrogen) atoms. The quantitative estimate of drug-likeness (QED) is 0.452. The molecule has 3 aliphatic heterocycles. The van der Waals surface area contributed by atoms with Crippen LogP contribution in [0.25, 0.3) is 0 Å². The lowest BCUT2D eigenvalue weighted by Crippen LogP contribution is -2.40. The van der Waals surface area contributed by atoms with Crippen LogP contribution in [-0.2, 0) is 24.0 Å². The van der Waals surface area contributed by atoms with Crippen molar-refractivity contribution in [2.24, 2.45) is 17.8 Å². The predicted octanol–water partition coefficient (Wildman–Crippen LogP) is -0.806. The van der Waals surface area contributed by atoms with Crippen molar-refractivity contribution in [1.29, 1.82) is 0 Å². The second-order valence-electron chi connectivity index (χ2n) is 9.21. The van der Waals surface area contributed by atoms with Crippen molar-refractivity contribution in [1.82, 2.24) is 25.3 Å². The fourth-order valence-corrected chi connectivity index (χ4v) is 4.70. The van der Waals surface area contributed by atoms with Gasteiger partial charge in [-0.05, 0) is 12.3 Å². The molecule has 178 valence electrons. The molecule has 0 saturated carbocycles. The van der Waals surface area contributed by atoms with E-state index in [0.717, 1.165) is 13.0 Å². The first-order valence-electron chi connectivity index (χ1n) is 11.7. The number of amides is 5.